The van der Waals surface area contributed by atoms with E-state index in [9.17, 15) is 40.6 Å². The van der Waals surface area contributed by atoms with Gasteiger partial charge in [0.1, 0.15) is 11.4 Å². The van der Waals surface area contributed by atoms with Gasteiger partial charge in [0.05, 0.1) is 29.3 Å². The Morgan fingerprint density at radius 1 is 1.00 bits per heavy atom. The summed E-state index contributed by atoms with van der Waals surface area (Å²) in [6.45, 7) is 0.726. The van der Waals surface area contributed by atoms with E-state index in [0.29, 0.717) is 18.6 Å². The number of fused-ring (bicyclic) bond motifs is 3. The molecule has 2 aliphatic heterocycles. The van der Waals surface area contributed by atoms with Gasteiger partial charge in [0, 0.05) is 12.3 Å². The van der Waals surface area contributed by atoms with E-state index in [-0.39, 0.29) is 35.3 Å². The van der Waals surface area contributed by atoms with Gasteiger partial charge in [0.2, 0.25) is 0 Å². The molecule has 1 amide bonds. The molecular formula is C25H24F7NO3. The first-order chi connectivity index (χ1) is 16.6. The molecule has 2 saturated heterocycles. The second-order valence-electron chi connectivity index (χ2n) is 9.73. The number of amides is 1. The maximum absolute atomic E-state index is 13.1. The molecule has 0 bridgehead atoms. The number of hydrogen-bond donors (Lipinski definition) is 2. The summed E-state index contributed by atoms with van der Waals surface area (Å²) in [5.74, 6) is -0.0687. The molecule has 1 aliphatic carbocycles. The Morgan fingerprint density at radius 2 is 1.56 bits per heavy atom. The standard InChI is InChI=1S/C16H18FNO2.C9H6F6O/c1-15(20)9-13-16(18(13)14(15)19)8-2-3-12(16)10-4-6-11(17)7-5-10;10-8(11,12)6-1-5(4-16)2-7(3-6)9(13,14)15/h4-7,12-13,20H,2-3,8-9H2,1H3;1-3,16H,4H2/t12?,13-,15?,16?,18?;/m1./s1. The number of carbonyl (C=O) groups excluding carboxylic acids is 1. The van der Waals surface area contributed by atoms with E-state index in [4.69, 9.17) is 5.11 Å². The van der Waals surface area contributed by atoms with Crippen molar-refractivity contribution in [3.8, 4) is 0 Å². The van der Waals surface area contributed by atoms with Crippen LogP contribution in [0.25, 0.3) is 0 Å². The van der Waals surface area contributed by atoms with E-state index in [1.165, 1.54) is 12.1 Å². The van der Waals surface area contributed by atoms with E-state index in [0.717, 1.165) is 24.8 Å². The zero-order valence-corrected chi connectivity index (χ0v) is 19.1. The van der Waals surface area contributed by atoms with Crippen LogP contribution in [0.15, 0.2) is 42.5 Å². The van der Waals surface area contributed by atoms with Crippen LogP contribution in [0.2, 0.25) is 0 Å². The molecule has 0 aromatic heterocycles. The van der Waals surface area contributed by atoms with Crippen molar-refractivity contribution in [2.45, 2.75) is 74.7 Å². The predicted octanol–water partition coefficient (Wildman–Crippen LogP) is 5.41. The normalized spacial score (nSPS) is 29.3. The van der Waals surface area contributed by atoms with E-state index in [2.05, 4.69) is 0 Å². The van der Waals surface area contributed by atoms with Crippen LogP contribution < -0.4 is 0 Å². The first-order valence-electron chi connectivity index (χ1n) is 11.3. The van der Waals surface area contributed by atoms with Crippen LogP contribution in [-0.4, -0.2) is 38.2 Å². The van der Waals surface area contributed by atoms with Gasteiger partial charge in [-0.25, -0.2) is 4.39 Å². The summed E-state index contributed by atoms with van der Waals surface area (Å²) in [5, 5.41) is 18.6. The second kappa shape index (κ2) is 8.72. The van der Waals surface area contributed by atoms with Crippen LogP contribution in [0.5, 0.6) is 0 Å². The molecular weight excluding hydrogens is 495 g/mol. The minimum Gasteiger partial charge on any atom is -0.392 e. The molecule has 0 radical (unpaired) electrons. The minimum atomic E-state index is -4.87. The molecule has 1 spiro atoms. The maximum Gasteiger partial charge on any atom is 0.416 e. The molecule has 2 aromatic rings. The SMILES string of the molecule is CC1(O)C[C@H]2N(C1=O)C21CCCC1c1ccc(F)cc1.OCc1cc(C(F)(F)F)cc(C(F)(F)F)c1. The lowest BCUT2D eigenvalue weighted by Gasteiger charge is -2.27. The second-order valence-corrected chi connectivity index (χ2v) is 9.73. The number of nitrogens with zero attached hydrogens (tertiary/aromatic N) is 1. The zero-order chi connectivity index (χ0) is 26.7. The van der Waals surface area contributed by atoms with E-state index < -0.39 is 41.3 Å². The van der Waals surface area contributed by atoms with Gasteiger partial charge in [-0.3, -0.25) is 4.79 Å². The highest BCUT2D eigenvalue weighted by atomic mass is 19.4. The molecule has 1 saturated carbocycles. The number of carbonyl (C=O) groups is 1. The van der Waals surface area contributed by atoms with Crippen molar-refractivity contribution in [3.05, 3.63) is 70.5 Å². The first kappa shape index (κ1) is 26.4. The Hall–Kier alpha value is -2.66. The van der Waals surface area contributed by atoms with Crippen LogP contribution in [0, 0.1) is 5.82 Å². The predicted molar refractivity (Wildman–Crippen MR) is 114 cm³/mol. The molecule has 11 heteroatoms. The summed E-state index contributed by atoms with van der Waals surface area (Å²) in [6, 6.07) is 7.81. The lowest BCUT2D eigenvalue weighted by Crippen LogP contribution is -2.42. The largest absolute Gasteiger partial charge is 0.416 e. The quantitative estimate of drug-likeness (QED) is 0.412. The summed E-state index contributed by atoms with van der Waals surface area (Å²) in [4.78, 5) is 14.2. The number of rotatable bonds is 2. The lowest BCUT2D eigenvalue weighted by molar-refractivity contribution is -0.143. The van der Waals surface area contributed by atoms with Gasteiger partial charge in [-0.15, -0.1) is 0 Å². The number of benzene rings is 2. The maximum atomic E-state index is 13.1. The van der Waals surface area contributed by atoms with Crippen molar-refractivity contribution in [2.24, 2.45) is 0 Å². The Bertz CT molecular complexity index is 1110. The Balaban J connectivity index is 0.000000175. The average molecular weight is 519 g/mol. The minimum absolute atomic E-state index is 0.0131. The number of aliphatic hydroxyl groups is 2. The van der Waals surface area contributed by atoms with Gasteiger partial charge >= 0.3 is 12.4 Å². The number of piperidine rings is 1. The summed E-state index contributed by atoms with van der Waals surface area (Å²) >= 11 is 0. The first-order valence-corrected chi connectivity index (χ1v) is 11.3. The molecule has 2 N–H and O–H groups in total. The van der Waals surface area contributed by atoms with Gasteiger partial charge in [0.25, 0.3) is 5.91 Å². The highest BCUT2D eigenvalue weighted by Gasteiger charge is 2.76. The van der Waals surface area contributed by atoms with E-state index >= 15 is 0 Å². The van der Waals surface area contributed by atoms with Gasteiger partial charge in [-0.2, -0.15) is 26.3 Å². The Labute approximate surface area is 202 Å². The molecule has 5 rings (SSSR count). The molecule has 4 atom stereocenters. The summed E-state index contributed by atoms with van der Waals surface area (Å²) in [5.41, 5.74) is -3.45. The lowest BCUT2D eigenvalue weighted by atomic mass is 9.81. The van der Waals surface area contributed by atoms with Crippen LogP contribution in [0.4, 0.5) is 30.7 Å². The smallest absolute Gasteiger partial charge is 0.392 e. The molecule has 3 aliphatic rings. The molecule has 3 unspecified atom stereocenters. The van der Waals surface area contributed by atoms with E-state index in [1.54, 1.807) is 6.92 Å². The Morgan fingerprint density at radius 3 is 2.00 bits per heavy atom. The van der Waals surface area contributed by atoms with Gasteiger partial charge in [-0.05, 0) is 61.2 Å². The zero-order valence-electron chi connectivity index (χ0n) is 19.1. The average Bonchev–Trinajstić information content (AvgIpc) is 3.05. The summed E-state index contributed by atoms with van der Waals surface area (Å²) < 4.78 is 86.4. The third kappa shape index (κ3) is 4.58. The third-order valence-electron chi connectivity index (χ3n) is 7.32. The fourth-order valence-corrected chi connectivity index (χ4v) is 5.69. The highest BCUT2D eigenvalue weighted by Crippen LogP contribution is 2.65. The molecule has 2 aromatic carbocycles. The van der Waals surface area contributed by atoms with Crippen molar-refractivity contribution in [1.29, 1.82) is 0 Å². The summed E-state index contributed by atoms with van der Waals surface area (Å²) in [6.07, 6.45) is -6.08. The molecule has 4 nitrogen and oxygen atoms in total. The van der Waals surface area contributed by atoms with Gasteiger partial charge in [-0.1, -0.05) is 18.6 Å². The van der Waals surface area contributed by atoms with Crippen LogP contribution in [-0.2, 0) is 23.8 Å². The molecule has 196 valence electrons. The van der Waals surface area contributed by atoms with Crippen molar-refractivity contribution in [2.75, 3.05) is 0 Å². The molecule has 3 fully saturated rings. The summed E-state index contributed by atoms with van der Waals surface area (Å²) in [7, 11) is 0. The number of alkyl halides is 6. The number of aliphatic hydroxyl groups excluding tert-OH is 1. The van der Waals surface area contributed by atoms with Crippen molar-refractivity contribution in [1.82, 2.24) is 4.90 Å². The van der Waals surface area contributed by atoms with Crippen LogP contribution in [0.1, 0.15) is 60.8 Å². The van der Waals surface area contributed by atoms with Crippen molar-refractivity contribution < 1.29 is 45.7 Å². The topological polar surface area (TPSA) is 60.5 Å². The van der Waals surface area contributed by atoms with E-state index in [1.807, 2.05) is 17.0 Å². The third-order valence-corrected chi connectivity index (χ3v) is 7.32. The van der Waals surface area contributed by atoms with Gasteiger partial charge < -0.3 is 15.1 Å². The number of halogens is 7. The van der Waals surface area contributed by atoms with Crippen molar-refractivity contribution in [3.63, 3.8) is 0 Å². The van der Waals surface area contributed by atoms with Gasteiger partial charge in [0.15, 0.2) is 0 Å². The van der Waals surface area contributed by atoms with Crippen molar-refractivity contribution >= 4 is 5.91 Å². The van der Waals surface area contributed by atoms with Crippen LogP contribution in [0.3, 0.4) is 0 Å². The fourth-order valence-electron chi connectivity index (χ4n) is 5.69. The number of hydrogen-bond acceptors (Lipinski definition) is 3. The fraction of sp³-hybridized carbons (Fsp3) is 0.480. The monoisotopic (exact) mass is 519 g/mol. The molecule has 36 heavy (non-hydrogen) atoms. The van der Waals surface area contributed by atoms with Crippen LogP contribution >= 0.6 is 0 Å². The highest BCUT2D eigenvalue weighted by molar-refractivity contribution is 5.92. The Kier molecular flexibility index (Phi) is 6.40. The molecule has 2 heterocycles.